The zero-order valence-corrected chi connectivity index (χ0v) is 11.8. The van der Waals surface area contributed by atoms with Gasteiger partial charge in [0.05, 0.1) is 18.7 Å². The van der Waals surface area contributed by atoms with E-state index in [0.717, 1.165) is 12.8 Å². The highest BCUT2D eigenvalue weighted by Gasteiger charge is 2.03. The lowest BCUT2D eigenvalue weighted by Gasteiger charge is -2.08. The van der Waals surface area contributed by atoms with Crippen LogP contribution in [-0.4, -0.2) is 13.2 Å². The molecule has 0 atom stereocenters. The number of halogens is 1. The summed E-state index contributed by atoms with van der Waals surface area (Å²) in [6.07, 6.45) is 1.84. The fourth-order valence-electron chi connectivity index (χ4n) is 1.98. The first-order valence-electron chi connectivity index (χ1n) is 6.95. The highest BCUT2D eigenvalue weighted by Crippen LogP contribution is 2.19. The van der Waals surface area contributed by atoms with Crippen LogP contribution in [0.4, 0.5) is 4.39 Å². The van der Waals surface area contributed by atoms with Gasteiger partial charge in [0.1, 0.15) is 11.6 Å². The van der Waals surface area contributed by atoms with Gasteiger partial charge in [-0.2, -0.15) is 0 Å². The third-order valence-corrected chi connectivity index (χ3v) is 2.98. The minimum Gasteiger partial charge on any atom is -0.492 e. The average molecular weight is 283 g/mol. The first-order valence-corrected chi connectivity index (χ1v) is 6.95. The van der Waals surface area contributed by atoms with Crippen LogP contribution in [-0.2, 0) is 6.42 Å². The fraction of sp³-hybridized carbons (Fsp3) is 0.222. The zero-order valence-electron chi connectivity index (χ0n) is 11.8. The first kappa shape index (κ1) is 15.1. The molecule has 2 aromatic carbocycles. The molecule has 21 heavy (non-hydrogen) atoms. The molecule has 2 N–H and O–H groups in total. The molecular weight excluding hydrogens is 265 g/mol. The van der Waals surface area contributed by atoms with Crippen LogP contribution in [0.3, 0.4) is 0 Å². The van der Waals surface area contributed by atoms with Gasteiger partial charge in [0.15, 0.2) is 0 Å². The largest absolute Gasteiger partial charge is 0.492 e. The smallest absolute Gasteiger partial charge is 0.135 e. The maximum absolute atomic E-state index is 13.2. The van der Waals surface area contributed by atoms with Crippen molar-refractivity contribution >= 4 is 0 Å². The zero-order chi connectivity index (χ0) is 14.9. The third-order valence-electron chi connectivity index (χ3n) is 2.98. The van der Waals surface area contributed by atoms with E-state index < -0.39 is 0 Å². The molecule has 0 aromatic heterocycles. The molecule has 0 radical (unpaired) electrons. The van der Waals surface area contributed by atoms with Gasteiger partial charge in [-0.05, 0) is 36.6 Å². The number of nitrogens with two attached hydrogens (primary N) is 1. The molecule has 0 spiro atoms. The van der Waals surface area contributed by atoms with Crippen LogP contribution < -0.4 is 10.5 Å². The van der Waals surface area contributed by atoms with Crippen molar-refractivity contribution in [3.63, 3.8) is 0 Å². The Morgan fingerprint density at radius 1 is 1.10 bits per heavy atom. The maximum Gasteiger partial charge on any atom is 0.135 e. The molecule has 0 unspecified atom stereocenters. The summed E-state index contributed by atoms with van der Waals surface area (Å²) >= 11 is 0. The van der Waals surface area contributed by atoms with E-state index in [-0.39, 0.29) is 12.4 Å². The van der Waals surface area contributed by atoms with Gasteiger partial charge in [0.2, 0.25) is 0 Å². The topological polar surface area (TPSA) is 35.2 Å². The van der Waals surface area contributed by atoms with Gasteiger partial charge in [0, 0.05) is 0 Å². The minimum atomic E-state index is -0.326. The predicted octanol–water partition coefficient (Wildman–Crippen LogP) is 3.15. The molecule has 0 saturated carbocycles. The Hall–Kier alpha value is -2.31. The number of benzene rings is 2. The van der Waals surface area contributed by atoms with Crippen molar-refractivity contribution in [2.24, 2.45) is 5.73 Å². The standard InChI is InChI=1S/C18H18FNO/c19-17-10-11-18(16(14-17)9-4-12-20)21-13-5-8-15-6-2-1-3-7-15/h1-3,6-7,10-11,14H,5,8,12-13,20H2. The van der Waals surface area contributed by atoms with Gasteiger partial charge in [-0.1, -0.05) is 42.2 Å². The van der Waals surface area contributed by atoms with Gasteiger partial charge < -0.3 is 10.5 Å². The third kappa shape index (κ3) is 4.94. The van der Waals surface area contributed by atoms with Crippen molar-refractivity contribution in [3.05, 3.63) is 65.5 Å². The molecule has 2 nitrogen and oxygen atoms in total. The van der Waals surface area contributed by atoms with Crippen molar-refractivity contribution in [1.29, 1.82) is 0 Å². The van der Waals surface area contributed by atoms with Crippen molar-refractivity contribution in [1.82, 2.24) is 0 Å². The lowest BCUT2D eigenvalue weighted by molar-refractivity contribution is 0.309. The minimum absolute atomic E-state index is 0.240. The summed E-state index contributed by atoms with van der Waals surface area (Å²) in [5.41, 5.74) is 7.17. The van der Waals surface area contributed by atoms with Crippen LogP contribution in [0.25, 0.3) is 0 Å². The number of hydrogen-bond donors (Lipinski definition) is 1. The molecule has 0 saturated heterocycles. The molecular formula is C18H18FNO. The molecule has 0 bridgehead atoms. The maximum atomic E-state index is 13.2. The average Bonchev–Trinajstić information content (AvgIpc) is 2.52. The Morgan fingerprint density at radius 3 is 2.67 bits per heavy atom. The molecule has 0 aliphatic carbocycles. The number of aryl methyl sites for hydroxylation is 1. The van der Waals surface area contributed by atoms with Crippen molar-refractivity contribution < 1.29 is 9.13 Å². The summed E-state index contributed by atoms with van der Waals surface area (Å²) in [6.45, 7) is 0.807. The quantitative estimate of drug-likeness (QED) is 0.676. The molecule has 2 rings (SSSR count). The highest BCUT2D eigenvalue weighted by molar-refractivity contribution is 5.46. The Bertz CT molecular complexity index is 629. The van der Waals surface area contributed by atoms with E-state index in [1.165, 1.54) is 17.7 Å². The number of rotatable bonds is 5. The Kier molecular flexibility index (Phi) is 5.81. The van der Waals surface area contributed by atoms with E-state index in [0.29, 0.717) is 17.9 Å². The molecule has 3 heteroatoms. The van der Waals surface area contributed by atoms with Crippen LogP contribution in [0.1, 0.15) is 17.5 Å². The first-order chi connectivity index (χ1) is 10.3. The van der Waals surface area contributed by atoms with E-state index >= 15 is 0 Å². The molecule has 0 fully saturated rings. The SMILES string of the molecule is NCC#Cc1cc(F)ccc1OCCCc1ccccc1. The van der Waals surface area contributed by atoms with Crippen LogP contribution >= 0.6 is 0 Å². The van der Waals surface area contributed by atoms with Crippen LogP contribution in [0.5, 0.6) is 5.75 Å². The van der Waals surface area contributed by atoms with Crippen LogP contribution in [0.15, 0.2) is 48.5 Å². The van der Waals surface area contributed by atoms with Crippen molar-refractivity contribution in [3.8, 4) is 17.6 Å². The monoisotopic (exact) mass is 283 g/mol. The second-order valence-electron chi connectivity index (χ2n) is 4.58. The summed E-state index contributed by atoms with van der Waals surface area (Å²) in [7, 11) is 0. The van der Waals surface area contributed by atoms with Gasteiger partial charge in [-0.25, -0.2) is 4.39 Å². The van der Waals surface area contributed by atoms with Gasteiger partial charge in [-0.3, -0.25) is 0 Å². The lowest BCUT2D eigenvalue weighted by Crippen LogP contribution is -2.01. The number of hydrogen-bond acceptors (Lipinski definition) is 2. The predicted molar refractivity (Wildman–Crippen MR) is 82.6 cm³/mol. The van der Waals surface area contributed by atoms with Crippen LogP contribution in [0, 0.1) is 17.7 Å². The normalized spacial score (nSPS) is 9.81. The lowest BCUT2D eigenvalue weighted by atomic mass is 10.1. The summed E-state index contributed by atoms with van der Waals surface area (Å²) < 4.78 is 18.9. The van der Waals surface area contributed by atoms with Crippen molar-refractivity contribution in [2.45, 2.75) is 12.8 Å². The van der Waals surface area contributed by atoms with E-state index in [4.69, 9.17) is 10.5 Å². The second kappa shape index (κ2) is 8.08. The van der Waals surface area contributed by atoms with E-state index in [2.05, 4.69) is 24.0 Å². The van der Waals surface area contributed by atoms with E-state index in [9.17, 15) is 4.39 Å². The van der Waals surface area contributed by atoms with Crippen molar-refractivity contribution in [2.75, 3.05) is 13.2 Å². The molecule has 0 amide bonds. The fourth-order valence-corrected chi connectivity index (χ4v) is 1.98. The molecule has 0 aliphatic heterocycles. The molecule has 2 aromatic rings. The summed E-state index contributed by atoms with van der Waals surface area (Å²) in [6, 6.07) is 14.6. The summed E-state index contributed by atoms with van der Waals surface area (Å²) in [4.78, 5) is 0. The molecule has 108 valence electrons. The van der Waals surface area contributed by atoms with Gasteiger partial charge >= 0.3 is 0 Å². The Labute approximate surface area is 124 Å². The molecule has 0 aliphatic rings. The summed E-state index contributed by atoms with van der Waals surface area (Å²) in [5, 5.41) is 0. The van der Waals surface area contributed by atoms with Gasteiger partial charge in [-0.15, -0.1) is 0 Å². The molecule has 0 heterocycles. The van der Waals surface area contributed by atoms with E-state index in [1.54, 1.807) is 6.07 Å². The summed E-state index contributed by atoms with van der Waals surface area (Å²) in [5.74, 6) is 5.83. The van der Waals surface area contributed by atoms with E-state index in [1.807, 2.05) is 18.2 Å². The Balaban J connectivity index is 1.91. The van der Waals surface area contributed by atoms with Gasteiger partial charge in [0.25, 0.3) is 0 Å². The van der Waals surface area contributed by atoms with Crippen LogP contribution in [0.2, 0.25) is 0 Å². The Morgan fingerprint density at radius 2 is 1.90 bits per heavy atom. The number of ether oxygens (including phenoxy) is 1. The second-order valence-corrected chi connectivity index (χ2v) is 4.58. The highest BCUT2D eigenvalue weighted by atomic mass is 19.1.